The largest absolute Gasteiger partial charge is 0.504 e. The number of nitrogens with zero attached hydrogens (tertiary/aromatic N) is 4. The van der Waals surface area contributed by atoms with Gasteiger partial charge in [0.05, 0.1) is 97.4 Å². The van der Waals surface area contributed by atoms with Gasteiger partial charge in [-0.1, -0.05) is 91.9 Å². The van der Waals surface area contributed by atoms with Gasteiger partial charge < -0.3 is 62.9 Å². The maximum absolute atomic E-state index is 14.1. The van der Waals surface area contributed by atoms with Crippen LogP contribution >= 0.6 is 6.72 Å². The molecule has 5 aromatic rings. The second-order valence-electron chi connectivity index (χ2n) is 19.2. The maximum atomic E-state index is 14.1. The van der Waals surface area contributed by atoms with Crippen molar-refractivity contribution in [3.8, 4) is 22.8 Å². The van der Waals surface area contributed by atoms with Crippen molar-refractivity contribution in [1.82, 2.24) is 15.6 Å². The summed E-state index contributed by atoms with van der Waals surface area (Å²) >= 11 is 4.87. The van der Waals surface area contributed by atoms with Crippen molar-refractivity contribution < 1.29 is 66.3 Å². The number of phenols is 1. The predicted octanol–water partition coefficient (Wildman–Crippen LogP) is 8.58. The Bertz CT molecular complexity index is 3070. The number of hydrogen-bond acceptors (Lipinski definition) is 18. The van der Waals surface area contributed by atoms with Crippen LogP contribution in [0, 0.1) is 0 Å². The summed E-state index contributed by atoms with van der Waals surface area (Å²) in [5.74, 6) is -0.510. The normalized spacial score (nSPS) is 16.0. The number of carbonyl (C=O) groups is 3. The van der Waals surface area contributed by atoms with Crippen LogP contribution in [0.3, 0.4) is 0 Å². The third-order valence-corrected chi connectivity index (χ3v) is 15.1. The molecule has 440 valence electrons. The molecule has 3 unspecified atom stereocenters. The van der Waals surface area contributed by atoms with Gasteiger partial charge in [-0.25, -0.2) is 0 Å². The van der Waals surface area contributed by atoms with E-state index >= 15 is 0 Å². The molecule has 0 fully saturated rings. The average molecular weight is 1170 g/mol. The van der Waals surface area contributed by atoms with Crippen LogP contribution in [0.4, 0.5) is 5.69 Å². The van der Waals surface area contributed by atoms with Gasteiger partial charge in [0.15, 0.2) is 16.8 Å². The first-order chi connectivity index (χ1) is 39.8. The Labute approximate surface area is 482 Å². The van der Waals surface area contributed by atoms with Gasteiger partial charge in [-0.2, -0.15) is 5.11 Å². The molecule has 21 nitrogen and oxygen atoms in total. The number of aromatic hydroxyl groups is 1. The summed E-state index contributed by atoms with van der Waals surface area (Å²) in [5.41, 5.74) is 3.59. The van der Waals surface area contributed by atoms with Crippen molar-refractivity contribution in [1.29, 1.82) is 0 Å². The highest BCUT2D eigenvalue weighted by molar-refractivity contribution is 8.07. The Balaban J connectivity index is 0.736. The third-order valence-electron chi connectivity index (χ3n) is 13.6. The molecule has 23 heteroatoms. The van der Waals surface area contributed by atoms with Gasteiger partial charge in [0.25, 0.3) is 5.91 Å². The number of anilines is 1. The summed E-state index contributed by atoms with van der Waals surface area (Å²) in [6, 6.07) is 26.3. The zero-order chi connectivity index (χ0) is 58.2. The van der Waals surface area contributed by atoms with E-state index in [2.05, 4.69) is 35.9 Å². The number of nitrogens with one attached hydrogen (secondary N) is 2. The Morgan fingerprint density at radius 3 is 2.20 bits per heavy atom. The molecule has 4 aromatic carbocycles. The molecule has 0 spiro atoms. The number of fused-ring (bicyclic) bond motifs is 6. The molecule has 0 aliphatic carbocycles. The first-order valence-corrected chi connectivity index (χ1v) is 29.9. The molecule has 3 heterocycles. The monoisotopic (exact) mass is 1170 g/mol. The number of phenolic OH excluding ortho intramolecular Hbond substituents is 1. The Morgan fingerprint density at radius 1 is 0.805 bits per heavy atom. The molecule has 2 aliphatic rings. The van der Waals surface area contributed by atoms with Crippen LogP contribution < -0.4 is 25.7 Å². The Hall–Kier alpha value is -6.85. The lowest BCUT2D eigenvalue weighted by atomic mass is 9.77. The highest BCUT2D eigenvalue weighted by atomic mass is 32.5. The van der Waals surface area contributed by atoms with Gasteiger partial charge in [-0.3, -0.25) is 28.7 Å². The van der Waals surface area contributed by atoms with Gasteiger partial charge in [-0.05, 0) is 61.2 Å². The number of hydrogen-bond donors (Lipinski definition) is 4. The molecule has 2 aliphatic heterocycles. The van der Waals surface area contributed by atoms with Crippen molar-refractivity contribution in [3.05, 3.63) is 149 Å². The van der Waals surface area contributed by atoms with Crippen LogP contribution in [0.2, 0.25) is 0 Å². The number of benzene rings is 4. The number of rotatable bonds is 36. The molecule has 1 aromatic heterocycles. The fourth-order valence-corrected chi connectivity index (χ4v) is 10.4. The van der Waals surface area contributed by atoms with Gasteiger partial charge in [0.1, 0.15) is 23.9 Å². The SMILES string of the molecule is C=CCOc1c(O)ccc2c(=O)cc(-c3ccc(C(=O)NCCOCCOCCOCCOCCOCCN4N=NC5c6ccccc6CN(C(=O)CCC(=O)NCCCCCCOP(O)(=S)OC=C)c6ccccc6C54C)cc3)oc12. The second-order valence-corrected chi connectivity index (χ2v) is 22.0. The maximum Gasteiger partial charge on any atom is 0.377 e. The molecule has 0 bridgehead atoms. The second kappa shape index (κ2) is 32.1. The molecule has 7 rings (SSSR count). The minimum absolute atomic E-state index is 0.0323. The minimum atomic E-state index is -3.28. The van der Waals surface area contributed by atoms with E-state index in [-0.39, 0.29) is 83.5 Å². The van der Waals surface area contributed by atoms with E-state index in [4.69, 9.17) is 58.8 Å². The van der Waals surface area contributed by atoms with Crippen LogP contribution in [-0.2, 0) is 66.2 Å². The van der Waals surface area contributed by atoms with Gasteiger partial charge >= 0.3 is 6.72 Å². The van der Waals surface area contributed by atoms with Crippen molar-refractivity contribution in [2.75, 3.05) is 104 Å². The number of carbonyl (C=O) groups excluding carboxylic acids is 3. The number of unbranched alkanes of at least 4 members (excludes halogenated alkanes) is 3. The molecule has 82 heavy (non-hydrogen) atoms. The molecule has 0 saturated carbocycles. The molecular formula is C59H73N6O15PS. The zero-order valence-electron chi connectivity index (χ0n) is 46.2. The molecular weight excluding hydrogens is 1100 g/mol. The lowest BCUT2D eigenvalue weighted by Crippen LogP contribution is -2.46. The fraction of sp³-hybridized carbons (Fsp3) is 0.424. The van der Waals surface area contributed by atoms with E-state index < -0.39 is 12.3 Å². The summed E-state index contributed by atoms with van der Waals surface area (Å²) in [4.78, 5) is 64.3. The van der Waals surface area contributed by atoms with E-state index in [1.165, 1.54) is 24.3 Å². The average Bonchev–Trinajstić information content (AvgIpc) is 3.90. The Kier molecular flexibility index (Phi) is 24.6. The van der Waals surface area contributed by atoms with Crippen molar-refractivity contribution in [3.63, 3.8) is 0 Å². The predicted molar refractivity (Wildman–Crippen MR) is 312 cm³/mol. The zero-order valence-corrected chi connectivity index (χ0v) is 47.9. The number of para-hydroxylation sites is 1. The van der Waals surface area contributed by atoms with E-state index in [1.807, 2.05) is 53.5 Å². The molecule has 0 saturated heterocycles. The number of ether oxygens (including phenoxy) is 6. The highest BCUT2D eigenvalue weighted by Crippen LogP contribution is 2.52. The van der Waals surface area contributed by atoms with Gasteiger partial charge in [-0.15, -0.1) is 0 Å². The minimum Gasteiger partial charge on any atom is -0.504 e. The molecule has 3 amide bonds. The third kappa shape index (κ3) is 17.6. The highest BCUT2D eigenvalue weighted by Gasteiger charge is 2.50. The van der Waals surface area contributed by atoms with Crippen LogP contribution in [-0.4, -0.2) is 132 Å². The summed E-state index contributed by atoms with van der Waals surface area (Å²) in [6.45, 7) is 11.4. The quantitative estimate of drug-likeness (QED) is 0.0127. The summed E-state index contributed by atoms with van der Waals surface area (Å²) in [7, 11) is 0. The van der Waals surface area contributed by atoms with Crippen LogP contribution in [0.5, 0.6) is 11.5 Å². The standard InChI is InChI=1S/C59H73N6O15PS/c1-4-29-77-56-50(66)23-22-47-51(67)41-52(80-55(47)56)43-18-20-44(21-19-43)58(70)61-27-31-72-33-35-74-37-39-76-40-38-75-36-34-73-32-28-65-59(3)48-16-10-11-17-49(48)64(42-45-14-8-9-15-46(45)57(59)62-63-65)54(69)25-24-53(68)60-26-12-6-7-13-30-79-81(71,82)78-5-2/h4-5,8-11,14-23,41,57,66H,1-2,6-7,12-13,24-40,42H2,3H3,(H,60,68)(H,61,70)(H,71,82). The first kappa shape index (κ1) is 62.7. The van der Waals surface area contributed by atoms with E-state index in [1.54, 1.807) is 29.2 Å². The Morgan fingerprint density at radius 2 is 1.48 bits per heavy atom. The fourth-order valence-electron chi connectivity index (χ4n) is 9.37. The van der Waals surface area contributed by atoms with Crippen LogP contribution in [0.1, 0.15) is 78.5 Å². The van der Waals surface area contributed by atoms with Crippen molar-refractivity contribution in [2.45, 2.75) is 63.6 Å². The van der Waals surface area contributed by atoms with Crippen LogP contribution in [0.25, 0.3) is 22.3 Å². The van der Waals surface area contributed by atoms with Gasteiger partial charge in [0, 0.05) is 66.2 Å². The van der Waals surface area contributed by atoms with Crippen molar-refractivity contribution in [2.24, 2.45) is 10.3 Å². The summed E-state index contributed by atoms with van der Waals surface area (Å²) in [5, 5.41) is 27.8. The lowest BCUT2D eigenvalue weighted by molar-refractivity contribution is -0.125. The molecule has 4 N–H and O–H groups in total. The van der Waals surface area contributed by atoms with E-state index in [9.17, 15) is 29.2 Å². The smallest absolute Gasteiger partial charge is 0.377 e. The first-order valence-electron chi connectivity index (χ1n) is 27.3. The summed E-state index contributed by atoms with van der Waals surface area (Å²) in [6.07, 6.45) is 5.79. The topological polar surface area (TPSA) is 251 Å². The molecule has 3 atom stereocenters. The van der Waals surface area contributed by atoms with E-state index in [0.29, 0.717) is 110 Å². The molecule has 0 radical (unpaired) electrons. The lowest BCUT2D eigenvalue weighted by Gasteiger charge is -2.42. The van der Waals surface area contributed by atoms with Crippen molar-refractivity contribution >= 4 is 52.9 Å². The summed E-state index contributed by atoms with van der Waals surface area (Å²) < 4.78 is 50.2. The number of amides is 3. The van der Waals surface area contributed by atoms with Gasteiger partial charge in [0.2, 0.25) is 17.6 Å². The van der Waals surface area contributed by atoms with Crippen LogP contribution in [0.15, 0.2) is 136 Å². The van der Waals surface area contributed by atoms with E-state index in [0.717, 1.165) is 47.9 Å².